The third-order valence-corrected chi connectivity index (χ3v) is 3.33. The average molecular weight is 294 g/mol. The number of benzene rings is 1. The van der Waals surface area contributed by atoms with E-state index in [4.69, 9.17) is 0 Å². The van der Waals surface area contributed by atoms with Crippen molar-refractivity contribution in [2.45, 2.75) is 27.2 Å². The van der Waals surface area contributed by atoms with Crippen LogP contribution in [-0.4, -0.2) is 30.9 Å². The van der Waals surface area contributed by atoms with Crippen LogP contribution in [0.5, 0.6) is 0 Å². The number of hydrogen-bond donors (Lipinski definition) is 0. The van der Waals surface area contributed by atoms with Gasteiger partial charge in [0.05, 0.1) is 11.9 Å². The summed E-state index contributed by atoms with van der Waals surface area (Å²) in [7, 11) is 0. The van der Waals surface area contributed by atoms with Crippen molar-refractivity contribution >= 4 is 6.21 Å². The molecule has 3 rings (SSSR count). The minimum Gasteiger partial charge on any atom is -0.202 e. The normalized spacial score (nSPS) is 11.4. The van der Waals surface area contributed by atoms with E-state index < -0.39 is 0 Å². The van der Waals surface area contributed by atoms with Crippen LogP contribution in [0.4, 0.5) is 0 Å². The Morgan fingerprint density at radius 2 is 1.91 bits per heavy atom. The lowest BCUT2D eigenvalue weighted by Crippen LogP contribution is -2.08. The van der Waals surface area contributed by atoms with E-state index in [9.17, 15) is 0 Å². The smallest absolute Gasteiger partial charge is 0.202 e. The summed E-state index contributed by atoms with van der Waals surface area (Å²) in [5, 5.41) is 17.5. The molecule has 0 aliphatic heterocycles. The third-order valence-electron chi connectivity index (χ3n) is 3.33. The van der Waals surface area contributed by atoms with E-state index in [-0.39, 0.29) is 0 Å². The van der Waals surface area contributed by atoms with Crippen molar-refractivity contribution in [1.29, 1.82) is 0 Å². The van der Waals surface area contributed by atoms with Crippen molar-refractivity contribution in [2.75, 3.05) is 0 Å². The number of nitrogens with zero attached hydrogens (tertiary/aromatic N) is 6. The molecule has 6 heteroatoms. The van der Waals surface area contributed by atoms with Crippen molar-refractivity contribution in [3.8, 4) is 5.95 Å². The summed E-state index contributed by atoms with van der Waals surface area (Å²) >= 11 is 0. The lowest BCUT2D eigenvalue weighted by atomic mass is 10.2. The van der Waals surface area contributed by atoms with Crippen LogP contribution in [0.1, 0.15) is 29.7 Å². The summed E-state index contributed by atoms with van der Waals surface area (Å²) in [6, 6.07) is 12.0. The van der Waals surface area contributed by atoms with E-state index in [1.54, 1.807) is 15.6 Å². The molecule has 0 aliphatic carbocycles. The summed E-state index contributed by atoms with van der Waals surface area (Å²) in [6.45, 7) is 5.98. The van der Waals surface area contributed by atoms with Gasteiger partial charge in [-0.1, -0.05) is 37.3 Å². The zero-order chi connectivity index (χ0) is 15.5. The van der Waals surface area contributed by atoms with Crippen LogP contribution in [0.3, 0.4) is 0 Å². The minimum absolute atomic E-state index is 0.606. The van der Waals surface area contributed by atoms with Crippen molar-refractivity contribution in [3.05, 3.63) is 59.2 Å². The maximum absolute atomic E-state index is 4.54. The van der Waals surface area contributed by atoms with Gasteiger partial charge >= 0.3 is 0 Å². The molecule has 0 radical (unpaired) electrons. The second kappa shape index (κ2) is 5.93. The van der Waals surface area contributed by atoms with Gasteiger partial charge in [-0.15, -0.1) is 10.2 Å². The highest BCUT2D eigenvalue weighted by Crippen LogP contribution is 2.12. The number of rotatable bonds is 4. The monoisotopic (exact) mass is 294 g/mol. The minimum atomic E-state index is 0.606. The number of aryl methyl sites for hydroxylation is 3. The first kappa shape index (κ1) is 14.2. The lowest BCUT2D eigenvalue weighted by molar-refractivity contribution is 0.699. The molecular weight excluding hydrogens is 276 g/mol. The molecule has 0 N–H and O–H groups in total. The Morgan fingerprint density at radius 1 is 1.14 bits per heavy atom. The van der Waals surface area contributed by atoms with E-state index in [1.165, 1.54) is 0 Å². The van der Waals surface area contributed by atoms with E-state index in [0.29, 0.717) is 5.95 Å². The van der Waals surface area contributed by atoms with E-state index in [1.807, 2.05) is 57.2 Å². The summed E-state index contributed by atoms with van der Waals surface area (Å²) in [5.41, 5.74) is 2.97. The topological polar surface area (TPSA) is 60.9 Å². The van der Waals surface area contributed by atoms with Gasteiger partial charge in [0.2, 0.25) is 0 Å². The molecular formula is C16H18N6. The summed E-state index contributed by atoms with van der Waals surface area (Å²) < 4.78 is 3.51. The van der Waals surface area contributed by atoms with E-state index in [2.05, 4.69) is 20.4 Å². The van der Waals surface area contributed by atoms with Crippen molar-refractivity contribution in [3.63, 3.8) is 0 Å². The van der Waals surface area contributed by atoms with Gasteiger partial charge in [-0.3, -0.25) is 0 Å². The van der Waals surface area contributed by atoms with Gasteiger partial charge < -0.3 is 0 Å². The zero-order valence-electron chi connectivity index (χ0n) is 12.9. The number of hydrogen-bond acceptors (Lipinski definition) is 4. The number of aromatic nitrogens is 5. The predicted octanol–water partition coefficient (Wildman–Crippen LogP) is 2.53. The second-order valence-corrected chi connectivity index (χ2v) is 5.08. The molecule has 0 saturated carbocycles. The van der Waals surface area contributed by atoms with Crippen molar-refractivity contribution in [1.82, 2.24) is 24.7 Å². The van der Waals surface area contributed by atoms with Crippen LogP contribution in [-0.2, 0) is 6.42 Å². The van der Waals surface area contributed by atoms with E-state index >= 15 is 0 Å². The molecule has 6 nitrogen and oxygen atoms in total. The Balaban J connectivity index is 2.05. The van der Waals surface area contributed by atoms with Crippen LogP contribution in [0.15, 0.2) is 41.5 Å². The molecule has 2 aromatic heterocycles. The first-order valence-corrected chi connectivity index (χ1v) is 7.26. The fourth-order valence-electron chi connectivity index (χ4n) is 2.27. The Bertz CT molecular complexity index is 797. The first-order valence-electron chi connectivity index (χ1n) is 7.26. The molecule has 1 aromatic carbocycles. The largest absolute Gasteiger partial charge is 0.273 e. The predicted molar refractivity (Wildman–Crippen MR) is 85.4 cm³/mol. The summed E-state index contributed by atoms with van der Waals surface area (Å²) in [4.78, 5) is 0. The molecule has 0 spiro atoms. The third kappa shape index (κ3) is 2.67. The fourth-order valence-corrected chi connectivity index (χ4v) is 2.27. The van der Waals surface area contributed by atoms with Crippen LogP contribution in [0, 0.1) is 13.8 Å². The molecule has 3 aromatic rings. The fraction of sp³-hybridized carbons (Fsp3) is 0.250. The molecule has 22 heavy (non-hydrogen) atoms. The molecule has 0 amide bonds. The highest BCUT2D eigenvalue weighted by atomic mass is 15.5. The van der Waals surface area contributed by atoms with Gasteiger partial charge in [0.15, 0.2) is 5.82 Å². The Morgan fingerprint density at radius 3 is 2.55 bits per heavy atom. The van der Waals surface area contributed by atoms with Gasteiger partial charge in [-0.2, -0.15) is 14.9 Å². The Labute approximate surface area is 129 Å². The molecule has 112 valence electrons. The second-order valence-electron chi connectivity index (χ2n) is 5.08. The van der Waals surface area contributed by atoms with Gasteiger partial charge in [0.1, 0.15) is 0 Å². The van der Waals surface area contributed by atoms with Crippen LogP contribution >= 0.6 is 0 Å². The Hall–Kier alpha value is -2.76. The molecule has 0 bridgehead atoms. The zero-order valence-corrected chi connectivity index (χ0v) is 12.9. The lowest BCUT2D eigenvalue weighted by Gasteiger charge is -2.04. The Kier molecular flexibility index (Phi) is 3.82. The summed E-state index contributed by atoms with van der Waals surface area (Å²) in [5.74, 6) is 1.41. The SMILES string of the molecule is CCc1nnc(-n2nc(C)cc2C)n1/N=C\c1ccccc1. The maximum atomic E-state index is 4.54. The van der Waals surface area contributed by atoms with Gasteiger partial charge in [-0.05, 0) is 25.5 Å². The van der Waals surface area contributed by atoms with Gasteiger partial charge in [0.25, 0.3) is 5.95 Å². The van der Waals surface area contributed by atoms with Gasteiger partial charge in [-0.25, -0.2) is 4.68 Å². The quantitative estimate of drug-likeness (QED) is 0.695. The van der Waals surface area contributed by atoms with E-state index in [0.717, 1.165) is 29.2 Å². The highest BCUT2D eigenvalue weighted by molar-refractivity contribution is 5.79. The molecule has 0 saturated heterocycles. The molecule has 2 heterocycles. The van der Waals surface area contributed by atoms with Crippen LogP contribution in [0.25, 0.3) is 5.95 Å². The van der Waals surface area contributed by atoms with Gasteiger partial charge in [0, 0.05) is 12.1 Å². The highest BCUT2D eigenvalue weighted by Gasteiger charge is 2.14. The maximum Gasteiger partial charge on any atom is 0.273 e. The standard InChI is InChI=1S/C16H18N6/c1-4-15-18-19-16(21-13(3)10-12(2)20-21)22(15)17-11-14-8-6-5-7-9-14/h5-11H,4H2,1-3H3/b17-11-. The average Bonchev–Trinajstić information content (AvgIpc) is 3.08. The van der Waals surface area contributed by atoms with Crippen molar-refractivity contribution in [2.24, 2.45) is 5.10 Å². The molecule has 0 fully saturated rings. The molecule has 0 unspecified atom stereocenters. The van der Waals surface area contributed by atoms with Crippen LogP contribution in [0.2, 0.25) is 0 Å². The summed E-state index contributed by atoms with van der Waals surface area (Å²) in [6.07, 6.45) is 2.55. The van der Waals surface area contributed by atoms with Crippen molar-refractivity contribution < 1.29 is 0 Å². The first-order chi connectivity index (χ1) is 10.7. The van der Waals surface area contributed by atoms with Crippen LogP contribution < -0.4 is 0 Å². The molecule has 0 aliphatic rings. The molecule has 0 atom stereocenters.